The Kier molecular flexibility index (Phi) is 3.25. The third-order valence-electron chi connectivity index (χ3n) is 2.29. The van der Waals surface area contributed by atoms with Gasteiger partial charge in [0.25, 0.3) is 0 Å². The van der Waals surface area contributed by atoms with Crippen LogP contribution in [0.1, 0.15) is 6.92 Å². The van der Waals surface area contributed by atoms with Gasteiger partial charge in [-0.15, -0.1) is 0 Å². The molecule has 0 aromatic heterocycles. The van der Waals surface area contributed by atoms with Gasteiger partial charge in [0.05, 0.1) is 19.3 Å². The molecule has 0 bridgehead atoms. The molecule has 13 heavy (non-hydrogen) atoms. The third kappa shape index (κ3) is 1.98. The summed E-state index contributed by atoms with van der Waals surface area (Å²) in [5.41, 5.74) is 0. The van der Waals surface area contributed by atoms with E-state index in [4.69, 9.17) is 9.84 Å². The van der Waals surface area contributed by atoms with Crippen molar-refractivity contribution >= 4 is 12.4 Å². The van der Waals surface area contributed by atoms with Gasteiger partial charge >= 0.3 is 5.97 Å². The Morgan fingerprint density at radius 3 is 2.85 bits per heavy atom. The Labute approximate surface area is 76.3 Å². The van der Waals surface area contributed by atoms with E-state index in [1.165, 1.54) is 4.90 Å². The normalized spacial score (nSPS) is 27.2. The second-order valence-corrected chi connectivity index (χ2v) is 2.99. The van der Waals surface area contributed by atoms with Crippen molar-refractivity contribution in [3.63, 3.8) is 0 Å². The Balaban J connectivity index is 2.66. The van der Waals surface area contributed by atoms with Crippen LogP contribution in [0.15, 0.2) is 0 Å². The molecule has 1 N–H and O–H groups in total. The van der Waals surface area contributed by atoms with Crippen LogP contribution < -0.4 is 0 Å². The summed E-state index contributed by atoms with van der Waals surface area (Å²) >= 11 is 0. The summed E-state index contributed by atoms with van der Waals surface area (Å²) in [6.45, 7) is 2.85. The van der Waals surface area contributed by atoms with Crippen LogP contribution in [-0.4, -0.2) is 48.2 Å². The Morgan fingerprint density at radius 1 is 1.69 bits per heavy atom. The van der Waals surface area contributed by atoms with Crippen LogP contribution in [0.25, 0.3) is 0 Å². The average molecular weight is 187 g/mol. The van der Waals surface area contributed by atoms with Crippen LogP contribution in [0.2, 0.25) is 0 Å². The summed E-state index contributed by atoms with van der Waals surface area (Å²) < 4.78 is 5.03. The number of amides is 1. The minimum atomic E-state index is -0.900. The van der Waals surface area contributed by atoms with Crippen molar-refractivity contribution in [3.05, 3.63) is 0 Å². The van der Waals surface area contributed by atoms with Crippen molar-refractivity contribution in [1.29, 1.82) is 0 Å². The van der Waals surface area contributed by atoms with E-state index < -0.39 is 11.9 Å². The summed E-state index contributed by atoms with van der Waals surface area (Å²) in [5, 5.41) is 8.80. The number of carbonyl (C=O) groups excluding carboxylic acids is 1. The molecule has 0 aromatic rings. The highest BCUT2D eigenvalue weighted by Crippen LogP contribution is 2.18. The molecule has 1 aliphatic rings. The molecule has 2 atom stereocenters. The van der Waals surface area contributed by atoms with Gasteiger partial charge in [0.1, 0.15) is 5.92 Å². The molecule has 5 nitrogen and oxygen atoms in total. The SMILES string of the molecule is CCN(C=O)C1COCC1C(=O)O. The van der Waals surface area contributed by atoms with Crippen LogP contribution >= 0.6 is 0 Å². The summed E-state index contributed by atoms with van der Waals surface area (Å²) in [6.07, 6.45) is 0.676. The molecule has 74 valence electrons. The Hall–Kier alpha value is -1.10. The molecule has 0 spiro atoms. The zero-order valence-electron chi connectivity index (χ0n) is 7.47. The van der Waals surface area contributed by atoms with Gasteiger partial charge in [-0.3, -0.25) is 9.59 Å². The molecule has 0 radical (unpaired) electrons. The topological polar surface area (TPSA) is 66.8 Å². The fraction of sp³-hybridized carbons (Fsp3) is 0.750. The minimum absolute atomic E-state index is 0.199. The maximum absolute atomic E-state index is 10.7. The standard InChI is InChI=1S/C8H13NO4/c1-2-9(5-10)7-4-13-3-6(7)8(11)12/h5-7H,2-4H2,1H3,(H,11,12). The first-order valence-corrected chi connectivity index (χ1v) is 4.22. The molecular weight excluding hydrogens is 174 g/mol. The molecule has 1 rings (SSSR count). The van der Waals surface area contributed by atoms with Gasteiger partial charge < -0.3 is 14.7 Å². The van der Waals surface area contributed by atoms with Crippen LogP contribution in [0, 0.1) is 5.92 Å². The van der Waals surface area contributed by atoms with E-state index in [1.807, 2.05) is 6.92 Å². The number of likely N-dealkylation sites (N-methyl/N-ethyl adjacent to an activating group) is 1. The van der Waals surface area contributed by atoms with Gasteiger partial charge in [-0.05, 0) is 6.92 Å². The van der Waals surface area contributed by atoms with Crippen molar-refractivity contribution in [2.75, 3.05) is 19.8 Å². The monoisotopic (exact) mass is 187 g/mol. The minimum Gasteiger partial charge on any atom is -0.481 e. The van der Waals surface area contributed by atoms with Crippen molar-refractivity contribution in [1.82, 2.24) is 4.90 Å². The maximum Gasteiger partial charge on any atom is 0.311 e. The van der Waals surface area contributed by atoms with Gasteiger partial charge in [-0.2, -0.15) is 0 Å². The first-order valence-electron chi connectivity index (χ1n) is 4.22. The van der Waals surface area contributed by atoms with Crippen LogP contribution in [-0.2, 0) is 14.3 Å². The number of carboxylic acid groups (broad SMARTS) is 1. The molecular formula is C8H13NO4. The number of hydrogen-bond donors (Lipinski definition) is 1. The van der Waals surface area contributed by atoms with E-state index >= 15 is 0 Å². The lowest BCUT2D eigenvalue weighted by molar-refractivity contribution is -0.143. The summed E-state index contributed by atoms with van der Waals surface area (Å²) in [5.74, 6) is -1.48. The maximum atomic E-state index is 10.7. The molecule has 0 aliphatic carbocycles. The number of carbonyl (C=O) groups is 2. The number of carboxylic acids is 1. The molecule has 2 unspecified atom stereocenters. The van der Waals surface area contributed by atoms with Gasteiger partial charge in [-0.1, -0.05) is 0 Å². The van der Waals surface area contributed by atoms with Gasteiger partial charge in [0.15, 0.2) is 0 Å². The number of hydrogen-bond acceptors (Lipinski definition) is 3. The lowest BCUT2D eigenvalue weighted by Gasteiger charge is -2.24. The van der Waals surface area contributed by atoms with E-state index in [1.54, 1.807) is 0 Å². The molecule has 1 amide bonds. The van der Waals surface area contributed by atoms with Gasteiger partial charge in [-0.25, -0.2) is 0 Å². The van der Waals surface area contributed by atoms with Crippen LogP contribution in [0.5, 0.6) is 0 Å². The highest BCUT2D eigenvalue weighted by atomic mass is 16.5. The van der Waals surface area contributed by atoms with Crippen LogP contribution in [0.3, 0.4) is 0 Å². The van der Waals surface area contributed by atoms with Gasteiger partial charge in [0.2, 0.25) is 6.41 Å². The van der Waals surface area contributed by atoms with E-state index in [2.05, 4.69) is 0 Å². The van der Waals surface area contributed by atoms with E-state index in [0.717, 1.165) is 0 Å². The second kappa shape index (κ2) is 4.23. The van der Waals surface area contributed by atoms with Crippen LogP contribution in [0.4, 0.5) is 0 Å². The smallest absolute Gasteiger partial charge is 0.311 e. The summed E-state index contributed by atoms with van der Waals surface area (Å²) in [6, 6.07) is -0.306. The molecule has 1 aliphatic heterocycles. The summed E-state index contributed by atoms with van der Waals surface area (Å²) in [7, 11) is 0. The highest BCUT2D eigenvalue weighted by Gasteiger charge is 2.37. The lowest BCUT2D eigenvalue weighted by Crippen LogP contribution is -2.42. The molecule has 1 saturated heterocycles. The number of rotatable bonds is 4. The van der Waals surface area contributed by atoms with Crippen molar-refractivity contribution in [3.8, 4) is 0 Å². The highest BCUT2D eigenvalue weighted by molar-refractivity contribution is 5.72. The number of nitrogens with zero attached hydrogens (tertiary/aromatic N) is 1. The molecule has 1 heterocycles. The van der Waals surface area contributed by atoms with Crippen molar-refractivity contribution in [2.24, 2.45) is 5.92 Å². The van der Waals surface area contributed by atoms with Crippen molar-refractivity contribution in [2.45, 2.75) is 13.0 Å². The van der Waals surface area contributed by atoms with Gasteiger partial charge in [0, 0.05) is 6.54 Å². The largest absolute Gasteiger partial charge is 0.481 e. The Bertz CT molecular complexity index is 206. The van der Waals surface area contributed by atoms with Crippen molar-refractivity contribution < 1.29 is 19.4 Å². The average Bonchev–Trinajstić information content (AvgIpc) is 2.55. The first kappa shape index (κ1) is 9.98. The predicted octanol–water partition coefficient (Wildman–Crippen LogP) is -0.436. The number of ether oxygens (including phenoxy) is 1. The number of aliphatic carboxylic acids is 1. The Morgan fingerprint density at radius 2 is 2.38 bits per heavy atom. The van der Waals surface area contributed by atoms with E-state index in [-0.39, 0.29) is 12.6 Å². The molecule has 5 heteroatoms. The predicted molar refractivity (Wildman–Crippen MR) is 44.2 cm³/mol. The molecule has 1 fully saturated rings. The second-order valence-electron chi connectivity index (χ2n) is 2.99. The zero-order chi connectivity index (χ0) is 9.84. The van der Waals surface area contributed by atoms with E-state index in [0.29, 0.717) is 19.6 Å². The fourth-order valence-corrected chi connectivity index (χ4v) is 1.49. The lowest BCUT2D eigenvalue weighted by atomic mass is 10.0. The first-order chi connectivity index (χ1) is 6.20. The third-order valence-corrected chi connectivity index (χ3v) is 2.29. The zero-order valence-corrected chi connectivity index (χ0v) is 7.47. The molecule has 0 saturated carbocycles. The molecule has 0 aromatic carbocycles. The van der Waals surface area contributed by atoms with E-state index in [9.17, 15) is 9.59 Å². The quantitative estimate of drug-likeness (QED) is 0.606. The summed E-state index contributed by atoms with van der Waals surface area (Å²) in [4.78, 5) is 22.8. The fourth-order valence-electron chi connectivity index (χ4n) is 1.49.